The first-order valence-corrected chi connectivity index (χ1v) is 6.93. The Hall–Kier alpha value is -0.630. The first-order valence-electron chi connectivity index (χ1n) is 5.54. The van der Waals surface area contributed by atoms with Crippen molar-refractivity contribution in [2.45, 2.75) is 26.7 Å². The Morgan fingerprint density at radius 2 is 1.93 bits per heavy atom. The highest BCUT2D eigenvalue weighted by Gasteiger charge is 1.95. The number of thioether (sulfide) groups is 1. The zero-order chi connectivity index (χ0) is 11.1. The molecule has 0 radical (unpaired) electrons. The lowest BCUT2D eigenvalue weighted by Gasteiger charge is -2.08. The topological polar surface area (TPSA) is 12.0 Å². The Bertz CT molecular complexity index is 297. The first-order chi connectivity index (χ1) is 7.24. The number of nitrogens with one attached hydrogen (secondary N) is 1. The first kappa shape index (κ1) is 12.4. The second-order valence-corrected chi connectivity index (χ2v) is 4.91. The summed E-state index contributed by atoms with van der Waals surface area (Å²) in [4.78, 5) is 0. The van der Waals surface area contributed by atoms with E-state index in [0.29, 0.717) is 0 Å². The summed E-state index contributed by atoms with van der Waals surface area (Å²) in [5.74, 6) is 1.27. The van der Waals surface area contributed by atoms with Crippen LogP contribution in [0.25, 0.3) is 0 Å². The molecule has 0 aromatic heterocycles. The van der Waals surface area contributed by atoms with Crippen molar-refractivity contribution in [3.63, 3.8) is 0 Å². The van der Waals surface area contributed by atoms with Gasteiger partial charge in [0.25, 0.3) is 0 Å². The predicted molar refractivity (Wildman–Crippen MR) is 72.0 cm³/mol. The van der Waals surface area contributed by atoms with Crippen LogP contribution in [0, 0.1) is 13.8 Å². The number of benzene rings is 1. The second kappa shape index (κ2) is 6.78. The van der Waals surface area contributed by atoms with Gasteiger partial charge in [0.05, 0.1) is 0 Å². The highest BCUT2D eigenvalue weighted by molar-refractivity contribution is 7.98. The summed E-state index contributed by atoms with van der Waals surface area (Å²) >= 11 is 1.92. The van der Waals surface area contributed by atoms with Gasteiger partial charge in [0, 0.05) is 12.2 Å². The summed E-state index contributed by atoms with van der Waals surface area (Å²) in [5.41, 5.74) is 3.98. The van der Waals surface area contributed by atoms with Gasteiger partial charge in [0.1, 0.15) is 0 Å². The summed E-state index contributed by atoms with van der Waals surface area (Å²) in [6, 6.07) is 6.57. The quantitative estimate of drug-likeness (QED) is 0.735. The fraction of sp³-hybridized carbons (Fsp3) is 0.538. The predicted octanol–water partition coefficient (Wildman–Crippen LogP) is 3.86. The Kier molecular flexibility index (Phi) is 5.62. The molecule has 0 aliphatic heterocycles. The van der Waals surface area contributed by atoms with Gasteiger partial charge < -0.3 is 5.32 Å². The minimum Gasteiger partial charge on any atom is -0.385 e. The number of aryl methyl sites for hydroxylation is 2. The lowest BCUT2D eigenvalue weighted by atomic mass is 10.1. The van der Waals surface area contributed by atoms with E-state index in [9.17, 15) is 0 Å². The standard InChI is InChI=1S/C13H21NS/c1-11-6-7-13(10-12(11)2)14-8-4-5-9-15-3/h6-7,10,14H,4-5,8-9H2,1-3H3. The number of rotatable bonds is 6. The molecule has 0 heterocycles. The van der Waals surface area contributed by atoms with E-state index >= 15 is 0 Å². The summed E-state index contributed by atoms with van der Waals surface area (Å²) in [6.45, 7) is 5.40. The van der Waals surface area contributed by atoms with E-state index in [4.69, 9.17) is 0 Å². The monoisotopic (exact) mass is 223 g/mol. The largest absolute Gasteiger partial charge is 0.385 e. The average molecular weight is 223 g/mol. The smallest absolute Gasteiger partial charge is 0.0342 e. The second-order valence-electron chi connectivity index (χ2n) is 3.93. The molecule has 0 unspecified atom stereocenters. The zero-order valence-corrected chi connectivity index (χ0v) is 10.8. The minimum absolute atomic E-state index is 1.09. The van der Waals surface area contributed by atoms with Gasteiger partial charge >= 0.3 is 0 Å². The third kappa shape index (κ3) is 4.61. The van der Waals surface area contributed by atoms with Crippen molar-refractivity contribution in [1.82, 2.24) is 0 Å². The van der Waals surface area contributed by atoms with Crippen LogP contribution in [-0.2, 0) is 0 Å². The van der Waals surface area contributed by atoms with Gasteiger partial charge in [-0.2, -0.15) is 11.8 Å². The fourth-order valence-electron chi connectivity index (χ4n) is 1.46. The van der Waals surface area contributed by atoms with Crippen molar-refractivity contribution in [2.75, 3.05) is 23.9 Å². The van der Waals surface area contributed by atoms with Crippen molar-refractivity contribution in [3.8, 4) is 0 Å². The van der Waals surface area contributed by atoms with E-state index in [1.165, 1.54) is 35.4 Å². The van der Waals surface area contributed by atoms with Crippen molar-refractivity contribution in [3.05, 3.63) is 29.3 Å². The van der Waals surface area contributed by atoms with Crippen LogP contribution in [0.5, 0.6) is 0 Å². The summed E-state index contributed by atoms with van der Waals surface area (Å²) in [5, 5.41) is 3.46. The van der Waals surface area contributed by atoms with Crippen LogP contribution < -0.4 is 5.32 Å². The zero-order valence-electron chi connectivity index (χ0n) is 9.97. The van der Waals surface area contributed by atoms with Crippen LogP contribution in [0.2, 0.25) is 0 Å². The van der Waals surface area contributed by atoms with E-state index in [0.717, 1.165) is 6.54 Å². The molecule has 15 heavy (non-hydrogen) atoms. The van der Waals surface area contributed by atoms with Crippen molar-refractivity contribution < 1.29 is 0 Å². The molecule has 84 valence electrons. The van der Waals surface area contributed by atoms with Crippen LogP contribution in [0.15, 0.2) is 18.2 Å². The lowest BCUT2D eigenvalue weighted by Crippen LogP contribution is -2.02. The van der Waals surface area contributed by atoms with Crippen LogP contribution in [0.1, 0.15) is 24.0 Å². The third-order valence-corrected chi connectivity index (χ3v) is 3.31. The summed E-state index contributed by atoms with van der Waals surface area (Å²) in [7, 11) is 0. The third-order valence-electron chi connectivity index (χ3n) is 2.61. The molecule has 0 aliphatic carbocycles. The molecular weight excluding hydrogens is 202 g/mol. The van der Waals surface area contributed by atoms with Gasteiger partial charge in [-0.1, -0.05) is 6.07 Å². The Labute approximate surface area is 97.7 Å². The summed E-state index contributed by atoms with van der Waals surface area (Å²) in [6.07, 6.45) is 4.73. The molecular formula is C13H21NS. The van der Waals surface area contributed by atoms with Gasteiger partial charge in [0.2, 0.25) is 0 Å². The molecule has 0 bridgehead atoms. The Morgan fingerprint density at radius 1 is 1.13 bits per heavy atom. The van der Waals surface area contributed by atoms with E-state index in [-0.39, 0.29) is 0 Å². The normalized spacial score (nSPS) is 10.3. The van der Waals surface area contributed by atoms with Gasteiger partial charge in [-0.05, 0) is 62.0 Å². The molecule has 1 N–H and O–H groups in total. The van der Waals surface area contributed by atoms with Gasteiger partial charge in [-0.25, -0.2) is 0 Å². The average Bonchev–Trinajstić information content (AvgIpc) is 2.23. The van der Waals surface area contributed by atoms with Crippen LogP contribution >= 0.6 is 11.8 Å². The van der Waals surface area contributed by atoms with Crippen LogP contribution in [0.3, 0.4) is 0 Å². The van der Waals surface area contributed by atoms with Gasteiger partial charge in [0.15, 0.2) is 0 Å². The summed E-state index contributed by atoms with van der Waals surface area (Å²) < 4.78 is 0. The van der Waals surface area contributed by atoms with E-state index in [1.54, 1.807) is 0 Å². The molecule has 0 saturated heterocycles. The van der Waals surface area contributed by atoms with Crippen LogP contribution in [-0.4, -0.2) is 18.6 Å². The maximum atomic E-state index is 3.46. The molecule has 0 atom stereocenters. The van der Waals surface area contributed by atoms with Gasteiger partial charge in [-0.3, -0.25) is 0 Å². The van der Waals surface area contributed by atoms with Crippen LogP contribution in [0.4, 0.5) is 5.69 Å². The number of unbranched alkanes of at least 4 members (excludes halogenated alkanes) is 1. The molecule has 1 rings (SSSR count). The van der Waals surface area contributed by atoms with Crippen molar-refractivity contribution >= 4 is 17.4 Å². The molecule has 1 aromatic carbocycles. The van der Waals surface area contributed by atoms with Crippen molar-refractivity contribution in [1.29, 1.82) is 0 Å². The highest BCUT2D eigenvalue weighted by Crippen LogP contribution is 2.14. The van der Waals surface area contributed by atoms with Crippen molar-refractivity contribution in [2.24, 2.45) is 0 Å². The number of hydrogen-bond donors (Lipinski definition) is 1. The van der Waals surface area contributed by atoms with Gasteiger partial charge in [-0.15, -0.1) is 0 Å². The van der Waals surface area contributed by atoms with E-state index in [2.05, 4.69) is 43.6 Å². The maximum Gasteiger partial charge on any atom is 0.0342 e. The molecule has 0 amide bonds. The Balaban J connectivity index is 2.28. The molecule has 0 spiro atoms. The number of anilines is 1. The minimum atomic E-state index is 1.09. The fourth-order valence-corrected chi connectivity index (χ4v) is 1.95. The SMILES string of the molecule is CSCCCCNc1ccc(C)c(C)c1. The Morgan fingerprint density at radius 3 is 2.60 bits per heavy atom. The molecule has 1 nitrogen and oxygen atoms in total. The van der Waals surface area contributed by atoms with E-state index < -0.39 is 0 Å². The van der Waals surface area contributed by atoms with E-state index in [1.807, 2.05) is 11.8 Å². The molecule has 0 fully saturated rings. The number of hydrogen-bond acceptors (Lipinski definition) is 2. The molecule has 0 aliphatic rings. The maximum absolute atomic E-state index is 3.46. The molecule has 1 aromatic rings. The lowest BCUT2D eigenvalue weighted by molar-refractivity contribution is 0.843. The molecule has 2 heteroatoms. The molecule has 0 saturated carbocycles. The highest BCUT2D eigenvalue weighted by atomic mass is 32.2.